The molecule has 0 aromatic heterocycles. The maximum atomic E-state index is 12.9. The summed E-state index contributed by atoms with van der Waals surface area (Å²) in [5.74, 6) is 1.16. The van der Waals surface area contributed by atoms with Crippen molar-refractivity contribution >= 4 is 39.6 Å². The van der Waals surface area contributed by atoms with Gasteiger partial charge in [0.25, 0.3) is 5.91 Å². The highest BCUT2D eigenvalue weighted by molar-refractivity contribution is 6.13. The summed E-state index contributed by atoms with van der Waals surface area (Å²) in [5, 5.41) is 16.0. The number of amides is 2. The Balaban J connectivity index is 1.27. The normalized spacial score (nSPS) is 27.5. The third-order valence-electron chi connectivity index (χ3n) is 7.97. The second kappa shape index (κ2) is 7.99. The van der Waals surface area contributed by atoms with Crippen LogP contribution in [0.5, 0.6) is 0 Å². The first-order valence-corrected chi connectivity index (χ1v) is 12.1. The highest BCUT2D eigenvalue weighted by atomic mass is 16.6. The van der Waals surface area contributed by atoms with Crippen molar-refractivity contribution in [3.8, 4) is 6.07 Å². The fourth-order valence-electron chi connectivity index (χ4n) is 7.04. The molecule has 7 rings (SSSR count). The number of alkyl carbamates (subject to hydrolysis) is 1. The van der Waals surface area contributed by atoms with E-state index >= 15 is 0 Å². The largest absolute Gasteiger partial charge is 0.443 e. The van der Waals surface area contributed by atoms with Crippen LogP contribution in [0.2, 0.25) is 0 Å². The van der Waals surface area contributed by atoms with E-state index in [9.17, 15) is 14.9 Å². The van der Waals surface area contributed by atoms with E-state index in [1.807, 2.05) is 54.6 Å². The number of carbonyl (C=O) groups excluding carboxylic acids is 2. The van der Waals surface area contributed by atoms with Crippen LogP contribution in [-0.4, -0.2) is 17.6 Å². The number of benzene rings is 3. The minimum Gasteiger partial charge on any atom is -0.443 e. The molecule has 4 bridgehead atoms. The Morgan fingerprint density at radius 2 is 1.44 bits per heavy atom. The average molecular weight is 451 g/mol. The van der Waals surface area contributed by atoms with Gasteiger partial charge in [-0.1, -0.05) is 48.5 Å². The second-order valence-corrected chi connectivity index (χ2v) is 10.3. The number of nitriles is 1. The molecular formula is C29H26N2O3. The van der Waals surface area contributed by atoms with Crippen LogP contribution in [0.3, 0.4) is 0 Å². The summed E-state index contributed by atoms with van der Waals surface area (Å²) in [7, 11) is 0. The molecule has 0 atom stereocenters. The molecular weight excluding hydrogens is 424 g/mol. The summed E-state index contributed by atoms with van der Waals surface area (Å²) < 4.78 is 5.90. The smallest absolute Gasteiger partial charge is 0.414 e. The van der Waals surface area contributed by atoms with Crippen molar-refractivity contribution in [3.05, 3.63) is 65.7 Å². The van der Waals surface area contributed by atoms with E-state index in [0.29, 0.717) is 17.8 Å². The maximum Gasteiger partial charge on any atom is 0.414 e. The summed E-state index contributed by atoms with van der Waals surface area (Å²) in [4.78, 5) is 25.7. The molecule has 4 aliphatic rings. The van der Waals surface area contributed by atoms with Gasteiger partial charge in [0.15, 0.2) is 0 Å². The molecule has 0 heterocycles. The van der Waals surface area contributed by atoms with Crippen molar-refractivity contribution in [3.63, 3.8) is 0 Å². The topological polar surface area (TPSA) is 79.2 Å². The van der Waals surface area contributed by atoms with Gasteiger partial charge < -0.3 is 4.74 Å². The molecule has 0 spiro atoms. The van der Waals surface area contributed by atoms with Gasteiger partial charge in [0.2, 0.25) is 0 Å². The predicted molar refractivity (Wildman–Crippen MR) is 131 cm³/mol. The third-order valence-corrected chi connectivity index (χ3v) is 7.97. The van der Waals surface area contributed by atoms with Crippen LogP contribution in [0.25, 0.3) is 27.6 Å². The molecule has 5 nitrogen and oxygen atoms in total. The summed E-state index contributed by atoms with van der Waals surface area (Å²) in [6, 6.07) is 19.8. The molecule has 2 amide bonds. The van der Waals surface area contributed by atoms with Crippen molar-refractivity contribution in [1.29, 1.82) is 5.26 Å². The molecule has 4 fully saturated rings. The molecule has 0 radical (unpaired) electrons. The lowest BCUT2D eigenvalue weighted by Crippen LogP contribution is -2.54. The van der Waals surface area contributed by atoms with E-state index in [0.717, 1.165) is 46.4 Å². The van der Waals surface area contributed by atoms with Gasteiger partial charge >= 0.3 is 6.09 Å². The summed E-state index contributed by atoms with van der Waals surface area (Å²) in [5.41, 5.74) is 0.223. The number of carbonyl (C=O) groups is 2. The van der Waals surface area contributed by atoms with Crippen LogP contribution in [-0.2, 0) is 9.53 Å². The molecule has 0 saturated heterocycles. The molecule has 4 saturated carbocycles. The molecule has 1 N–H and O–H groups in total. The van der Waals surface area contributed by atoms with E-state index in [4.69, 9.17) is 4.74 Å². The van der Waals surface area contributed by atoms with Gasteiger partial charge in [0.05, 0.1) is 0 Å². The van der Waals surface area contributed by atoms with Gasteiger partial charge in [-0.2, -0.15) is 5.26 Å². The SMILES string of the molecule is N#C/C(=C\c1c2ccccc2cc2ccccc12)C(=O)NC(=O)OC12CC3CC(CC(C3)C1)C2. The summed E-state index contributed by atoms with van der Waals surface area (Å²) >= 11 is 0. The van der Waals surface area contributed by atoms with Crippen LogP contribution in [0.4, 0.5) is 4.79 Å². The number of ether oxygens (including phenoxy) is 1. The first kappa shape index (κ1) is 20.9. The Labute approximate surface area is 198 Å². The quantitative estimate of drug-likeness (QED) is 0.296. The lowest BCUT2D eigenvalue weighted by atomic mass is 9.54. The highest BCUT2D eigenvalue weighted by Crippen LogP contribution is 2.57. The lowest BCUT2D eigenvalue weighted by molar-refractivity contribution is -0.130. The highest BCUT2D eigenvalue weighted by Gasteiger charge is 2.53. The molecule has 4 aliphatic carbocycles. The van der Waals surface area contributed by atoms with E-state index < -0.39 is 17.6 Å². The fraction of sp³-hybridized carbons (Fsp3) is 0.345. The van der Waals surface area contributed by atoms with E-state index in [1.165, 1.54) is 19.3 Å². The number of hydrogen-bond donors (Lipinski definition) is 1. The van der Waals surface area contributed by atoms with Gasteiger partial charge in [0, 0.05) is 0 Å². The number of nitrogens with one attached hydrogen (secondary N) is 1. The molecule has 5 heteroatoms. The number of rotatable bonds is 3. The molecule has 0 unspecified atom stereocenters. The maximum absolute atomic E-state index is 12.9. The third kappa shape index (κ3) is 3.64. The summed E-state index contributed by atoms with van der Waals surface area (Å²) in [6.45, 7) is 0. The first-order valence-electron chi connectivity index (χ1n) is 12.1. The van der Waals surface area contributed by atoms with Crippen LogP contribution in [0.1, 0.15) is 44.1 Å². The zero-order valence-electron chi connectivity index (χ0n) is 18.9. The zero-order valence-corrected chi connectivity index (χ0v) is 18.9. The predicted octanol–water partition coefficient (Wildman–Crippen LogP) is 6.12. The minimum absolute atomic E-state index is 0.121. The Morgan fingerprint density at radius 3 is 1.97 bits per heavy atom. The Morgan fingerprint density at radius 1 is 0.912 bits per heavy atom. The Bertz CT molecular complexity index is 1310. The zero-order chi connectivity index (χ0) is 23.3. The van der Waals surface area contributed by atoms with E-state index in [-0.39, 0.29) is 5.57 Å². The Hall–Kier alpha value is -3.65. The van der Waals surface area contributed by atoms with Gasteiger partial charge in [-0.05, 0) is 95.5 Å². The first-order chi connectivity index (χ1) is 16.5. The molecule has 3 aromatic carbocycles. The van der Waals surface area contributed by atoms with Crippen molar-refractivity contribution < 1.29 is 14.3 Å². The lowest BCUT2D eigenvalue weighted by Gasteiger charge is -2.55. The van der Waals surface area contributed by atoms with Crippen molar-refractivity contribution in [2.75, 3.05) is 0 Å². The fourth-order valence-corrected chi connectivity index (χ4v) is 7.04. The van der Waals surface area contributed by atoms with E-state index in [2.05, 4.69) is 11.4 Å². The minimum atomic E-state index is -0.740. The second-order valence-electron chi connectivity index (χ2n) is 10.3. The molecule has 3 aromatic rings. The van der Waals surface area contributed by atoms with Crippen LogP contribution < -0.4 is 5.32 Å². The van der Waals surface area contributed by atoms with Crippen LogP contribution in [0, 0.1) is 29.1 Å². The summed E-state index contributed by atoms with van der Waals surface area (Å²) in [6.07, 6.45) is 7.24. The molecule has 34 heavy (non-hydrogen) atoms. The van der Waals surface area contributed by atoms with E-state index in [1.54, 1.807) is 6.08 Å². The monoisotopic (exact) mass is 450 g/mol. The number of nitrogens with zero attached hydrogens (tertiary/aromatic N) is 1. The van der Waals surface area contributed by atoms with Gasteiger partial charge in [0.1, 0.15) is 17.2 Å². The molecule has 170 valence electrons. The number of fused-ring (bicyclic) bond motifs is 2. The van der Waals surface area contributed by atoms with Crippen molar-refractivity contribution in [2.45, 2.75) is 44.1 Å². The molecule has 0 aliphatic heterocycles. The number of imide groups is 1. The van der Waals surface area contributed by atoms with Crippen LogP contribution in [0.15, 0.2) is 60.2 Å². The van der Waals surface area contributed by atoms with Crippen molar-refractivity contribution in [2.24, 2.45) is 17.8 Å². The Kier molecular flexibility index (Phi) is 4.91. The van der Waals surface area contributed by atoms with Gasteiger partial charge in [-0.25, -0.2) is 4.79 Å². The average Bonchev–Trinajstić information content (AvgIpc) is 2.80. The van der Waals surface area contributed by atoms with Crippen molar-refractivity contribution in [1.82, 2.24) is 5.32 Å². The van der Waals surface area contributed by atoms with Gasteiger partial charge in [-0.3, -0.25) is 10.1 Å². The van der Waals surface area contributed by atoms with Gasteiger partial charge in [-0.15, -0.1) is 0 Å². The standard InChI is InChI=1S/C29H26N2O3/c30-17-23(13-26-24-7-3-1-5-21(24)12-22-6-2-4-8-25(22)26)27(32)31-28(33)34-29-14-18-9-19(15-29)11-20(10-18)16-29/h1-8,12-13,18-20H,9-11,14-16H2,(H,31,32,33)/b23-13+. The number of hydrogen-bond acceptors (Lipinski definition) is 4. The van der Waals surface area contributed by atoms with Crippen LogP contribution >= 0.6 is 0 Å².